The third-order valence-corrected chi connectivity index (χ3v) is 5.12. The maximum atomic E-state index is 12.4. The maximum Gasteiger partial charge on any atom is 0.336 e. The lowest BCUT2D eigenvalue weighted by Gasteiger charge is -2.21. The van der Waals surface area contributed by atoms with Crippen LogP contribution in [0.25, 0.3) is 11.0 Å². The number of hydrogen-bond donors (Lipinski definition) is 1. The van der Waals surface area contributed by atoms with Crippen LogP contribution in [0, 0.1) is 5.92 Å². The third kappa shape index (κ3) is 4.12. The smallest absolute Gasteiger partial charge is 0.336 e. The van der Waals surface area contributed by atoms with Crippen molar-refractivity contribution in [3.05, 3.63) is 45.8 Å². The molecule has 0 radical (unpaired) electrons. The van der Waals surface area contributed by atoms with Gasteiger partial charge in [0.1, 0.15) is 5.58 Å². The molecule has 1 N–H and O–H groups in total. The number of carbonyl (C=O) groups excluding carboxylic acids is 1. The number of fused-ring (bicyclic) bond motifs is 1. The van der Waals surface area contributed by atoms with Crippen molar-refractivity contribution in [3.8, 4) is 0 Å². The van der Waals surface area contributed by atoms with E-state index in [0.29, 0.717) is 12.1 Å². The van der Waals surface area contributed by atoms with E-state index in [0.717, 1.165) is 36.6 Å². The Morgan fingerprint density at radius 2 is 1.88 bits per heavy atom. The van der Waals surface area contributed by atoms with E-state index in [1.54, 1.807) is 0 Å². The predicted molar refractivity (Wildman–Crippen MR) is 99.6 cm³/mol. The van der Waals surface area contributed by atoms with E-state index < -0.39 is 0 Å². The first-order valence-corrected chi connectivity index (χ1v) is 9.19. The molecular weight excluding hydrogens is 314 g/mol. The lowest BCUT2D eigenvalue weighted by molar-refractivity contribution is -0.126. The molecule has 0 saturated heterocycles. The Hall–Kier alpha value is -2.10. The van der Waals surface area contributed by atoms with Crippen molar-refractivity contribution < 1.29 is 9.21 Å². The van der Waals surface area contributed by atoms with Gasteiger partial charge in [0.2, 0.25) is 5.91 Å². The molecule has 1 saturated carbocycles. The highest BCUT2D eigenvalue weighted by Gasteiger charge is 2.21. The zero-order valence-corrected chi connectivity index (χ0v) is 15.4. The van der Waals surface area contributed by atoms with Crippen molar-refractivity contribution in [2.45, 2.75) is 64.8 Å². The largest absolute Gasteiger partial charge is 0.423 e. The summed E-state index contributed by atoms with van der Waals surface area (Å²) in [6.07, 6.45) is 5.43. The molecule has 1 aliphatic rings. The predicted octanol–water partition coefficient (Wildman–Crippen LogP) is 4.29. The second-order valence-electron chi connectivity index (χ2n) is 8.10. The molecule has 4 nitrogen and oxygen atoms in total. The van der Waals surface area contributed by atoms with Crippen LogP contribution in [-0.4, -0.2) is 5.91 Å². The van der Waals surface area contributed by atoms with Crippen LogP contribution in [0.5, 0.6) is 0 Å². The van der Waals surface area contributed by atoms with Gasteiger partial charge in [-0.1, -0.05) is 46.1 Å². The lowest BCUT2D eigenvalue weighted by Crippen LogP contribution is -2.31. The number of benzene rings is 1. The van der Waals surface area contributed by atoms with Gasteiger partial charge in [-0.2, -0.15) is 0 Å². The Morgan fingerprint density at radius 1 is 1.16 bits per heavy atom. The average Bonchev–Trinajstić information content (AvgIpc) is 2.58. The minimum Gasteiger partial charge on any atom is -0.423 e. The lowest BCUT2D eigenvalue weighted by atomic mass is 9.86. The zero-order chi connectivity index (χ0) is 18.0. The molecule has 0 spiro atoms. The first kappa shape index (κ1) is 17.7. The standard InChI is InChI=1S/C21H27NO3/c1-21(2,3)16-9-10-18-17(12-16)15(11-19(23)25-18)13-22-20(24)14-7-5-4-6-8-14/h9-12,14H,4-8,13H2,1-3H3,(H,22,24). The monoisotopic (exact) mass is 341 g/mol. The Morgan fingerprint density at radius 3 is 2.56 bits per heavy atom. The molecule has 1 fully saturated rings. The van der Waals surface area contributed by atoms with Crippen molar-refractivity contribution in [2.75, 3.05) is 0 Å². The van der Waals surface area contributed by atoms with Crippen LogP contribution in [0.15, 0.2) is 33.5 Å². The molecule has 2 aromatic rings. The first-order valence-electron chi connectivity index (χ1n) is 9.19. The molecule has 0 atom stereocenters. The average molecular weight is 341 g/mol. The number of amides is 1. The third-order valence-electron chi connectivity index (χ3n) is 5.12. The van der Waals surface area contributed by atoms with Crippen molar-refractivity contribution in [2.24, 2.45) is 5.92 Å². The van der Waals surface area contributed by atoms with Crippen molar-refractivity contribution in [3.63, 3.8) is 0 Å². The molecule has 0 unspecified atom stereocenters. The minimum atomic E-state index is -0.377. The molecule has 0 bridgehead atoms. The molecule has 1 aromatic heterocycles. The topological polar surface area (TPSA) is 59.3 Å². The quantitative estimate of drug-likeness (QED) is 0.847. The summed E-state index contributed by atoms with van der Waals surface area (Å²) in [6, 6.07) is 7.41. The van der Waals surface area contributed by atoms with E-state index in [-0.39, 0.29) is 22.9 Å². The van der Waals surface area contributed by atoms with Crippen LogP contribution in [0.2, 0.25) is 0 Å². The van der Waals surface area contributed by atoms with Gasteiger partial charge in [0.05, 0.1) is 0 Å². The summed E-state index contributed by atoms with van der Waals surface area (Å²) in [5.41, 5.74) is 2.20. The van der Waals surface area contributed by atoms with Crippen molar-refractivity contribution in [1.29, 1.82) is 0 Å². The van der Waals surface area contributed by atoms with Crippen molar-refractivity contribution >= 4 is 16.9 Å². The Kier molecular flexibility index (Phi) is 4.98. The Bertz CT molecular complexity index is 823. The van der Waals surface area contributed by atoms with E-state index in [9.17, 15) is 9.59 Å². The zero-order valence-electron chi connectivity index (χ0n) is 15.4. The van der Waals surface area contributed by atoms with E-state index in [4.69, 9.17) is 4.42 Å². The van der Waals surface area contributed by atoms with Gasteiger partial charge in [0.15, 0.2) is 0 Å². The molecular formula is C21H27NO3. The molecule has 1 aliphatic carbocycles. The van der Waals surface area contributed by atoms with Crippen LogP contribution in [0.1, 0.15) is 64.0 Å². The van der Waals surface area contributed by atoms with Crippen LogP contribution < -0.4 is 10.9 Å². The van der Waals surface area contributed by atoms with Crippen LogP contribution in [0.3, 0.4) is 0 Å². The van der Waals surface area contributed by atoms with E-state index in [1.165, 1.54) is 18.1 Å². The molecule has 25 heavy (non-hydrogen) atoms. The van der Waals surface area contributed by atoms with E-state index in [1.807, 2.05) is 12.1 Å². The highest BCUT2D eigenvalue weighted by molar-refractivity contribution is 5.83. The maximum absolute atomic E-state index is 12.4. The Labute approximate surface area is 148 Å². The first-order chi connectivity index (χ1) is 11.8. The number of rotatable bonds is 3. The highest BCUT2D eigenvalue weighted by Crippen LogP contribution is 2.28. The van der Waals surface area contributed by atoms with Gasteiger partial charge in [-0.15, -0.1) is 0 Å². The molecule has 1 aromatic carbocycles. The van der Waals surface area contributed by atoms with Gasteiger partial charge >= 0.3 is 5.63 Å². The molecule has 1 amide bonds. The fourth-order valence-electron chi connectivity index (χ4n) is 3.53. The molecule has 4 heteroatoms. The van der Waals surface area contributed by atoms with Gasteiger partial charge in [-0.3, -0.25) is 4.79 Å². The van der Waals surface area contributed by atoms with Crippen LogP contribution >= 0.6 is 0 Å². The van der Waals surface area contributed by atoms with Gasteiger partial charge in [0, 0.05) is 23.9 Å². The molecule has 3 rings (SSSR count). The molecule has 134 valence electrons. The van der Waals surface area contributed by atoms with E-state index in [2.05, 4.69) is 32.2 Å². The van der Waals surface area contributed by atoms with E-state index >= 15 is 0 Å². The van der Waals surface area contributed by atoms with Gasteiger partial charge in [-0.05, 0) is 41.5 Å². The summed E-state index contributed by atoms with van der Waals surface area (Å²) < 4.78 is 5.32. The summed E-state index contributed by atoms with van der Waals surface area (Å²) in [5.74, 6) is 0.221. The van der Waals surface area contributed by atoms with Gasteiger partial charge in [-0.25, -0.2) is 4.79 Å². The second-order valence-corrected chi connectivity index (χ2v) is 8.10. The fourth-order valence-corrected chi connectivity index (χ4v) is 3.53. The summed E-state index contributed by atoms with van der Waals surface area (Å²) in [4.78, 5) is 24.3. The second kappa shape index (κ2) is 7.03. The Balaban J connectivity index is 1.86. The van der Waals surface area contributed by atoms with Crippen molar-refractivity contribution in [1.82, 2.24) is 5.32 Å². The SMILES string of the molecule is CC(C)(C)c1ccc2oc(=O)cc(CNC(=O)C3CCCCC3)c2c1. The minimum absolute atomic E-state index is 0.00689. The van der Waals surface area contributed by atoms with Crippen LogP contribution in [-0.2, 0) is 16.8 Å². The summed E-state index contributed by atoms with van der Waals surface area (Å²) >= 11 is 0. The summed E-state index contributed by atoms with van der Waals surface area (Å²) in [7, 11) is 0. The van der Waals surface area contributed by atoms with Crippen LogP contribution in [0.4, 0.5) is 0 Å². The number of nitrogens with one attached hydrogen (secondary N) is 1. The van der Waals surface area contributed by atoms with Gasteiger partial charge in [0.25, 0.3) is 0 Å². The molecule has 0 aliphatic heterocycles. The fraction of sp³-hybridized carbons (Fsp3) is 0.524. The molecule has 1 heterocycles. The number of hydrogen-bond acceptors (Lipinski definition) is 3. The number of carbonyl (C=O) groups is 1. The normalized spacial score (nSPS) is 16.1. The highest BCUT2D eigenvalue weighted by atomic mass is 16.4. The summed E-state index contributed by atoms with van der Waals surface area (Å²) in [6.45, 7) is 6.82. The van der Waals surface area contributed by atoms with Gasteiger partial charge < -0.3 is 9.73 Å². The summed E-state index contributed by atoms with van der Waals surface area (Å²) in [5, 5.41) is 3.93.